The SMILES string of the molecule is CCOC(=O)c1cc(C)sc1/N=C/C1=C(O)c2ccccc2C1=O. The first-order valence-corrected chi connectivity index (χ1v) is 8.23. The summed E-state index contributed by atoms with van der Waals surface area (Å²) < 4.78 is 5.01. The zero-order valence-corrected chi connectivity index (χ0v) is 14.0. The van der Waals surface area contributed by atoms with Crippen molar-refractivity contribution in [2.24, 2.45) is 4.99 Å². The van der Waals surface area contributed by atoms with E-state index in [1.807, 2.05) is 6.92 Å². The molecule has 0 radical (unpaired) electrons. The van der Waals surface area contributed by atoms with Gasteiger partial charge in [0.05, 0.1) is 17.7 Å². The third-order valence-corrected chi connectivity index (χ3v) is 4.53. The third-order valence-electron chi connectivity index (χ3n) is 3.57. The summed E-state index contributed by atoms with van der Waals surface area (Å²) in [6.07, 6.45) is 1.31. The quantitative estimate of drug-likeness (QED) is 0.671. The number of hydrogen-bond donors (Lipinski definition) is 1. The largest absolute Gasteiger partial charge is 0.506 e. The number of ketones is 1. The summed E-state index contributed by atoms with van der Waals surface area (Å²) in [6, 6.07) is 8.54. The molecule has 1 aromatic carbocycles. The van der Waals surface area contributed by atoms with Crippen LogP contribution in [-0.2, 0) is 4.74 Å². The van der Waals surface area contributed by atoms with Gasteiger partial charge in [0.1, 0.15) is 10.8 Å². The lowest BCUT2D eigenvalue weighted by Gasteiger charge is -2.00. The van der Waals surface area contributed by atoms with Crippen molar-refractivity contribution in [2.45, 2.75) is 13.8 Å². The number of Topliss-reactive ketones (excluding diaryl/α,β-unsaturated/α-hetero) is 1. The molecule has 1 heterocycles. The van der Waals surface area contributed by atoms with E-state index < -0.39 is 5.97 Å². The van der Waals surface area contributed by atoms with Crippen molar-refractivity contribution in [3.63, 3.8) is 0 Å². The number of nitrogens with zero attached hydrogens (tertiary/aromatic N) is 1. The van der Waals surface area contributed by atoms with E-state index in [0.717, 1.165) is 4.88 Å². The van der Waals surface area contributed by atoms with Gasteiger partial charge in [-0.3, -0.25) is 4.79 Å². The molecule has 0 fully saturated rings. The molecule has 0 saturated carbocycles. The molecule has 0 atom stereocenters. The van der Waals surface area contributed by atoms with Gasteiger partial charge in [-0.2, -0.15) is 0 Å². The van der Waals surface area contributed by atoms with Gasteiger partial charge in [-0.15, -0.1) is 11.3 Å². The number of aliphatic hydroxyl groups is 1. The van der Waals surface area contributed by atoms with E-state index in [1.54, 1.807) is 37.3 Å². The van der Waals surface area contributed by atoms with Crippen LogP contribution in [0.15, 0.2) is 40.9 Å². The average Bonchev–Trinajstić information content (AvgIpc) is 3.05. The minimum atomic E-state index is -0.451. The van der Waals surface area contributed by atoms with Gasteiger partial charge in [0, 0.05) is 22.2 Å². The Bertz CT molecular complexity index is 892. The number of aryl methyl sites for hydroxylation is 1. The highest BCUT2D eigenvalue weighted by molar-refractivity contribution is 7.16. The first-order valence-electron chi connectivity index (χ1n) is 7.42. The third kappa shape index (κ3) is 2.76. The molecule has 2 aromatic rings. The van der Waals surface area contributed by atoms with Crippen LogP contribution in [-0.4, -0.2) is 29.7 Å². The Balaban J connectivity index is 1.95. The minimum absolute atomic E-state index is 0.0923. The molecule has 24 heavy (non-hydrogen) atoms. The molecule has 5 nitrogen and oxygen atoms in total. The fourth-order valence-electron chi connectivity index (χ4n) is 2.48. The fourth-order valence-corrected chi connectivity index (χ4v) is 3.32. The summed E-state index contributed by atoms with van der Waals surface area (Å²) >= 11 is 1.32. The molecule has 0 amide bonds. The molecule has 1 N–H and O–H groups in total. The lowest BCUT2D eigenvalue weighted by Crippen LogP contribution is -2.03. The number of carbonyl (C=O) groups excluding carboxylic acids is 2. The second-order valence-electron chi connectivity index (χ2n) is 5.19. The number of carbonyl (C=O) groups is 2. The van der Waals surface area contributed by atoms with Crippen molar-refractivity contribution in [1.82, 2.24) is 0 Å². The van der Waals surface area contributed by atoms with Crippen LogP contribution >= 0.6 is 11.3 Å². The van der Waals surface area contributed by atoms with E-state index in [9.17, 15) is 14.7 Å². The number of rotatable bonds is 4. The topological polar surface area (TPSA) is 76.0 Å². The molecule has 6 heteroatoms. The summed E-state index contributed by atoms with van der Waals surface area (Å²) in [5.74, 6) is -0.823. The van der Waals surface area contributed by atoms with Crippen LogP contribution in [0.25, 0.3) is 5.76 Å². The molecular weight excluding hydrogens is 326 g/mol. The van der Waals surface area contributed by atoms with Crippen LogP contribution in [0.4, 0.5) is 5.00 Å². The summed E-state index contributed by atoms with van der Waals surface area (Å²) in [5.41, 5.74) is 1.43. The van der Waals surface area contributed by atoms with Gasteiger partial charge in [0.2, 0.25) is 0 Å². The molecular formula is C18H15NO4S. The summed E-state index contributed by atoms with van der Waals surface area (Å²) in [5, 5.41) is 10.7. The molecule has 0 spiro atoms. The van der Waals surface area contributed by atoms with Crippen LogP contribution < -0.4 is 0 Å². The Morgan fingerprint density at radius 2 is 2.04 bits per heavy atom. The smallest absolute Gasteiger partial charge is 0.341 e. The number of ether oxygens (including phenoxy) is 1. The second-order valence-corrected chi connectivity index (χ2v) is 6.43. The van der Waals surface area contributed by atoms with Crippen molar-refractivity contribution < 1.29 is 19.4 Å². The first-order chi connectivity index (χ1) is 11.5. The van der Waals surface area contributed by atoms with Gasteiger partial charge in [-0.05, 0) is 19.9 Å². The van der Waals surface area contributed by atoms with Gasteiger partial charge >= 0.3 is 5.97 Å². The zero-order chi connectivity index (χ0) is 17.3. The van der Waals surface area contributed by atoms with Crippen molar-refractivity contribution in [2.75, 3.05) is 6.61 Å². The molecule has 0 saturated heterocycles. The highest BCUT2D eigenvalue weighted by Crippen LogP contribution is 2.33. The Morgan fingerprint density at radius 1 is 1.33 bits per heavy atom. The van der Waals surface area contributed by atoms with E-state index in [4.69, 9.17) is 4.74 Å². The molecule has 0 aliphatic heterocycles. The van der Waals surface area contributed by atoms with Crippen LogP contribution in [0.2, 0.25) is 0 Å². The van der Waals surface area contributed by atoms with E-state index >= 15 is 0 Å². The van der Waals surface area contributed by atoms with Crippen molar-refractivity contribution >= 4 is 40.1 Å². The molecule has 1 aliphatic carbocycles. The number of fused-ring (bicyclic) bond motifs is 1. The van der Waals surface area contributed by atoms with Gasteiger partial charge in [0.15, 0.2) is 5.78 Å². The first kappa shape index (κ1) is 16.1. The number of hydrogen-bond acceptors (Lipinski definition) is 6. The maximum absolute atomic E-state index is 12.4. The molecule has 3 rings (SSSR count). The van der Waals surface area contributed by atoms with Crippen LogP contribution in [0.3, 0.4) is 0 Å². The number of allylic oxidation sites excluding steroid dienone is 1. The van der Waals surface area contributed by atoms with Crippen LogP contribution in [0, 0.1) is 6.92 Å². The van der Waals surface area contributed by atoms with E-state index in [1.165, 1.54) is 17.6 Å². The molecule has 0 bridgehead atoms. The average molecular weight is 341 g/mol. The number of aliphatic imine (C=N–C) groups is 1. The summed E-state index contributed by atoms with van der Waals surface area (Å²) in [7, 11) is 0. The lowest BCUT2D eigenvalue weighted by atomic mass is 10.1. The maximum atomic E-state index is 12.4. The Labute approximate surface area is 142 Å². The predicted octanol–water partition coefficient (Wildman–Crippen LogP) is 4.10. The molecule has 1 aromatic heterocycles. The Morgan fingerprint density at radius 3 is 2.71 bits per heavy atom. The number of thiophene rings is 1. The minimum Gasteiger partial charge on any atom is -0.506 e. The summed E-state index contributed by atoms with van der Waals surface area (Å²) in [6.45, 7) is 3.87. The summed E-state index contributed by atoms with van der Waals surface area (Å²) in [4.78, 5) is 29.5. The lowest BCUT2D eigenvalue weighted by molar-refractivity contribution is 0.0527. The Hall–Kier alpha value is -2.73. The Kier molecular flexibility index (Phi) is 4.31. The highest BCUT2D eigenvalue weighted by atomic mass is 32.1. The predicted molar refractivity (Wildman–Crippen MR) is 93.5 cm³/mol. The van der Waals surface area contributed by atoms with Crippen LogP contribution in [0.1, 0.15) is 38.1 Å². The van der Waals surface area contributed by atoms with Crippen LogP contribution in [0.5, 0.6) is 0 Å². The van der Waals surface area contributed by atoms with Gasteiger partial charge in [-0.1, -0.05) is 24.3 Å². The van der Waals surface area contributed by atoms with Crippen molar-refractivity contribution in [1.29, 1.82) is 0 Å². The highest BCUT2D eigenvalue weighted by Gasteiger charge is 2.28. The fraction of sp³-hybridized carbons (Fsp3) is 0.167. The normalized spacial score (nSPS) is 13.7. The number of benzene rings is 1. The number of esters is 1. The molecule has 122 valence electrons. The monoisotopic (exact) mass is 341 g/mol. The van der Waals surface area contributed by atoms with Crippen molar-refractivity contribution in [3.8, 4) is 0 Å². The van der Waals surface area contributed by atoms with Gasteiger partial charge in [0.25, 0.3) is 0 Å². The second kappa shape index (κ2) is 6.41. The van der Waals surface area contributed by atoms with E-state index in [2.05, 4.69) is 4.99 Å². The van der Waals surface area contributed by atoms with Crippen molar-refractivity contribution in [3.05, 3.63) is 57.5 Å². The number of aliphatic hydroxyl groups excluding tert-OH is 1. The zero-order valence-electron chi connectivity index (χ0n) is 13.2. The van der Waals surface area contributed by atoms with Gasteiger partial charge in [-0.25, -0.2) is 9.79 Å². The standard InChI is InChI=1S/C18H15NO4S/c1-3-23-18(22)13-8-10(2)24-17(13)19-9-14-15(20)11-6-4-5-7-12(11)16(14)21/h4-9,20H,3H2,1-2H3/b19-9+. The maximum Gasteiger partial charge on any atom is 0.341 e. The molecule has 1 aliphatic rings. The molecule has 0 unspecified atom stereocenters. The van der Waals surface area contributed by atoms with Gasteiger partial charge < -0.3 is 9.84 Å². The van der Waals surface area contributed by atoms with E-state index in [0.29, 0.717) is 21.7 Å². The van der Waals surface area contributed by atoms with E-state index in [-0.39, 0.29) is 23.7 Å².